The smallest absolute Gasteiger partial charge is 0.258 e. The second-order valence-corrected chi connectivity index (χ2v) is 8.25. The summed E-state index contributed by atoms with van der Waals surface area (Å²) in [5.41, 5.74) is 0.885. The van der Waals surface area contributed by atoms with Crippen LogP contribution in [0.3, 0.4) is 0 Å². The fourth-order valence-corrected chi connectivity index (χ4v) is 2.91. The zero-order chi connectivity index (χ0) is 20.8. The van der Waals surface area contributed by atoms with Gasteiger partial charge in [-0.25, -0.2) is 0 Å². The van der Waals surface area contributed by atoms with Crippen LogP contribution in [0.25, 0.3) is 0 Å². The second-order valence-electron chi connectivity index (χ2n) is 8.25. The van der Waals surface area contributed by atoms with Gasteiger partial charge in [-0.05, 0) is 58.4 Å². The van der Waals surface area contributed by atoms with Crippen molar-refractivity contribution in [1.29, 1.82) is 0 Å². The summed E-state index contributed by atoms with van der Waals surface area (Å²) in [5.74, 6) is 1.15. The maximum atomic E-state index is 12.0. The van der Waals surface area contributed by atoms with Crippen molar-refractivity contribution in [2.45, 2.75) is 85.2 Å². The van der Waals surface area contributed by atoms with Crippen LogP contribution in [-0.4, -0.2) is 31.2 Å². The van der Waals surface area contributed by atoms with Gasteiger partial charge in [0, 0.05) is 12.1 Å². The monoisotopic (exact) mass is 392 g/mol. The number of benzene rings is 1. The van der Waals surface area contributed by atoms with Gasteiger partial charge in [-0.15, -0.1) is 0 Å². The van der Waals surface area contributed by atoms with Crippen LogP contribution in [-0.2, 0) is 11.3 Å². The van der Waals surface area contributed by atoms with Crippen molar-refractivity contribution in [2.24, 2.45) is 0 Å². The van der Waals surface area contributed by atoms with Crippen molar-refractivity contribution in [1.82, 2.24) is 10.6 Å². The molecular formula is C23H40N2O3. The van der Waals surface area contributed by atoms with Crippen molar-refractivity contribution >= 4 is 5.91 Å². The first kappa shape index (κ1) is 24.3. The van der Waals surface area contributed by atoms with Gasteiger partial charge in [0.15, 0.2) is 18.1 Å². The van der Waals surface area contributed by atoms with Crippen LogP contribution in [0.2, 0.25) is 0 Å². The molecule has 5 heteroatoms. The lowest BCUT2D eigenvalue weighted by Crippen LogP contribution is -2.43. The molecular weight excluding hydrogens is 352 g/mol. The molecule has 0 saturated heterocycles. The molecule has 0 aliphatic heterocycles. The van der Waals surface area contributed by atoms with Crippen LogP contribution in [0.15, 0.2) is 18.2 Å². The van der Waals surface area contributed by atoms with Gasteiger partial charge in [0.2, 0.25) is 0 Å². The summed E-state index contributed by atoms with van der Waals surface area (Å²) in [6.07, 6.45) is 7.83. The van der Waals surface area contributed by atoms with Crippen molar-refractivity contribution < 1.29 is 14.3 Å². The molecule has 1 amide bonds. The summed E-state index contributed by atoms with van der Waals surface area (Å²) in [7, 11) is 0. The molecule has 0 atom stereocenters. The number of unbranched alkanes of at least 4 members (excludes halogenated alkanes) is 5. The zero-order valence-electron chi connectivity index (χ0n) is 18.5. The normalized spacial score (nSPS) is 11.3. The quantitative estimate of drug-likeness (QED) is 0.445. The van der Waals surface area contributed by atoms with E-state index in [1.807, 2.05) is 45.9 Å². The highest BCUT2D eigenvalue weighted by Crippen LogP contribution is 2.28. The predicted octanol–water partition coefficient (Wildman–Crippen LogP) is 4.83. The van der Waals surface area contributed by atoms with Crippen LogP contribution in [0.4, 0.5) is 0 Å². The van der Waals surface area contributed by atoms with Gasteiger partial charge < -0.3 is 20.1 Å². The third kappa shape index (κ3) is 11.2. The fourth-order valence-electron chi connectivity index (χ4n) is 2.91. The Bertz CT molecular complexity index is 567. The molecule has 0 fully saturated rings. The minimum absolute atomic E-state index is 0.0209. The van der Waals surface area contributed by atoms with Gasteiger partial charge in [0.25, 0.3) is 5.91 Å². The summed E-state index contributed by atoms with van der Waals surface area (Å²) in [6, 6.07) is 5.90. The van der Waals surface area contributed by atoms with E-state index in [0.29, 0.717) is 18.1 Å². The average Bonchev–Trinajstić information content (AvgIpc) is 2.62. The highest BCUT2D eigenvalue weighted by atomic mass is 16.5. The highest BCUT2D eigenvalue weighted by Gasteiger charge is 2.15. The van der Waals surface area contributed by atoms with E-state index in [0.717, 1.165) is 18.7 Å². The minimum Gasteiger partial charge on any atom is -0.490 e. The van der Waals surface area contributed by atoms with Crippen LogP contribution < -0.4 is 20.1 Å². The maximum absolute atomic E-state index is 12.0. The predicted molar refractivity (Wildman–Crippen MR) is 116 cm³/mol. The number of ether oxygens (including phenoxy) is 2. The molecule has 0 spiro atoms. The van der Waals surface area contributed by atoms with Gasteiger partial charge in [-0.1, -0.05) is 45.1 Å². The number of carbonyl (C=O) groups is 1. The lowest BCUT2D eigenvalue weighted by Gasteiger charge is -2.21. The van der Waals surface area contributed by atoms with E-state index in [2.05, 4.69) is 17.6 Å². The van der Waals surface area contributed by atoms with Crippen molar-refractivity contribution in [3.05, 3.63) is 23.8 Å². The Balaban J connectivity index is 2.45. The Hall–Kier alpha value is -1.75. The average molecular weight is 393 g/mol. The summed E-state index contributed by atoms with van der Waals surface area (Å²) >= 11 is 0. The first-order valence-corrected chi connectivity index (χ1v) is 10.8. The zero-order valence-corrected chi connectivity index (χ0v) is 18.5. The number of hydrogen-bond acceptors (Lipinski definition) is 4. The molecule has 160 valence electrons. The number of nitrogens with one attached hydrogen (secondary N) is 2. The standard InChI is InChI=1S/C23H40N2O3/c1-6-8-9-10-11-12-15-24-17-19-13-14-20(21(16-19)27-7-2)28-18-22(26)25-23(3,4)5/h13-14,16,24H,6-12,15,17-18H2,1-5H3,(H,25,26). The fraction of sp³-hybridized carbons (Fsp3) is 0.696. The van der Waals surface area contributed by atoms with E-state index in [1.165, 1.54) is 38.5 Å². The number of hydrogen-bond donors (Lipinski definition) is 2. The Labute approximate surface area is 171 Å². The van der Waals surface area contributed by atoms with Crippen LogP contribution in [0, 0.1) is 0 Å². The molecule has 28 heavy (non-hydrogen) atoms. The van der Waals surface area contributed by atoms with Crippen LogP contribution in [0.1, 0.15) is 78.7 Å². The molecule has 0 aromatic heterocycles. The molecule has 2 N–H and O–H groups in total. The van der Waals surface area contributed by atoms with Gasteiger partial charge in [0.1, 0.15) is 0 Å². The first-order chi connectivity index (χ1) is 13.4. The molecule has 1 aromatic rings. The molecule has 0 radical (unpaired) electrons. The lowest BCUT2D eigenvalue weighted by atomic mass is 10.1. The van der Waals surface area contributed by atoms with Crippen molar-refractivity contribution in [3.8, 4) is 11.5 Å². The third-order valence-electron chi connectivity index (χ3n) is 4.22. The van der Waals surface area contributed by atoms with Gasteiger partial charge in [-0.3, -0.25) is 4.79 Å². The van der Waals surface area contributed by atoms with E-state index < -0.39 is 0 Å². The molecule has 0 aliphatic carbocycles. The minimum atomic E-state index is -0.269. The second kappa shape index (κ2) is 13.4. The van der Waals surface area contributed by atoms with Crippen molar-refractivity contribution in [2.75, 3.05) is 19.8 Å². The molecule has 1 rings (SSSR count). The molecule has 0 heterocycles. The first-order valence-electron chi connectivity index (χ1n) is 10.8. The Morgan fingerprint density at radius 1 is 0.964 bits per heavy atom. The van der Waals surface area contributed by atoms with Crippen molar-refractivity contribution in [3.63, 3.8) is 0 Å². The third-order valence-corrected chi connectivity index (χ3v) is 4.22. The molecule has 0 saturated carbocycles. The highest BCUT2D eigenvalue weighted by molar-refractivity contribution is 5.78. The Morgan fingerprint density at radius 3 is 2.36 bits per heavy atom. The van der Waals surface area contributed by atoms with Crippen LogP contribution >= 0.6 is 0 Å². The maximum Gasteiger partial charge on any atom is 0.258 e. The van der Waals surface area contributed by atoms with E-state index in [4.69, 9.17) is 9.47 Å². The summed E-state index contributed by atoms with van der Waals surface area (Å²) < 4.78 is 11.4. The van der Waals surface area contributed by atoms with Gasteiger partial charge in [-0.2, -0.15) is 0 Å². The van der Waals surface area contributed by atoms with E-state index in [9.17, 15) is 4.79 Å². The topological polar surface area (TPSA) is 59.6 Å². The molecule has 5 nitrogen and oxygen atoms in total. The molecule has 1 aromatic carbocycles. The SMILES string of the molecule is CCCCCCCCNCc1ccc(OCC(=O)NC(C)(C)C)c(OCC)c1. The molecule has 0 unspecified atom stereocenters. The molecule has 0 bridgehead atoms. The Kier molecular flexibility index (Phi) is 11.7. The Morgan fingerprint density at radius 2 is 1.68 bits per heavy atom. The largest absolute Gasteiger partial charge is 0.490 e. The summed E-state index contributed by atoms with van der Waals surface area (Å²) in [6.45, 7) is 12.4. The number of rotatable bonds is 14. The van der Waals surface area contributed by atoms with E-state index in [1.54, 1.807) is 0 Å². The van der Waals surface area contributed by atoms with Gasteiger partial charge >= 0.3 is 0 Å². The summed E-state index contributed by atoms with van der Waals surface area (Å²) in [5, 5.41) is 6.39. The number of carbonyl (C=O) groups excluding carboxylic acids is 1. The van der Waals surface area contributed by atoms with E-state index in [-0.39, 0.29) is 18.1 Å². The van der Waals surface area contributed by atoms with E-state index >= 15 is 0 Å². The molecule has 0 aliphatic rings. The number of amides is 1. The van der Waals surface area contributed by atoms with Crippen LogP contribution in [0.5, 0.6) is 11.5 Å². The summed E-state index contributed by atoms with van der Waals surface area (Å²) in [4.78, 5) is 12.0. The lowest BCUT2D eigenvalue weighted by molar-refractivity contribution is -0.124. The van der Waals surface area contributed by atoms with Gasteiger partial charge in [0.05, 0.1) is 6.61 Å².